The average molecular weight is 305 g/mol. The Bertz CT molecular complexity index is 584. The summed E-state index contributed by atoms with van der Waals surface area (Å²) in [7, 11) is 0. The van der Waals surface area contributed by atoms with Gasteiger partial charge in [0.1, 0.15) is 0 Å². The highest BCUT2D eigenvalue weighted by molar-refractivity contribution is 7.99. The van der Waals surface area contributed by atoms with Crippen molar-refractivity contribution in [3.8, 4) is 11.4 Å². The molecule has 0 saturated carbocycles. The third kappa shape index (κ3) is 4.56. The molecular formula is C14H19N5OS. The van der Waals surface area contributed by atoms with Crippen LogP contribution in [0.1, 0.15) is 20.8 Å². The van der Waals surface area contributed by atoms with Crippen molar-refractivity contribution < 1.29 is 4.79 Å². The van der Waals surface area contributed by atoms with Crippen molar-refractivity contribution in [1.29, 1.82) is 0 Å². The summed E-state index contributed by atoms with van der Waals surface area (Å²) >= 11 is 1.32. The van der Waals surface area contributed by atoms with Gasteiger partial charge in [-0.2, -0.15) is 0 Å². The van der Waals surface area contributed by atoms with E-state index in [-0.39, 0.29) is 11.9 Å². The van der Waals surface area contributed by atoms with Gasteiger partial charge in [-0.15, -0.1) is 5.10 Å². The molecule has 0 aliphatic rings. The number of pyridine rings is 1. The van der Waals surface area contributed by atoms with E-state index in [1.807, 2.05) is 19.1 Å². The van der Waals surface area contributed by atoms with E-state index in [2.05, 4.69) is 39.3 Å². The van der Waals surface area contributed by atoms with Gasteiger partial charge in [0.25, 0.3) is 0 Å². The highest BCUT2D eigenvalue weighted by Crippen LogP contribution is 2.18. The molecule has 2 aromatic heterocycles. The fourth-order valence-corrected chi connectivity index (χ4v) is 2.15. The van der Waals surface area contributed by atoms with Crippen LogP contribution in [-0.4, -0.2) is 37.9 Å². The Kier molecular flexibility index (Phi) is 5.32. The number of hydrogen-bond donors (Lipinski definition) is 2. The zero-order valence-corrected chi connectivity index (χ0v) is 13.1. The summed E-state index contributed by atoms with van der Waals surface area (Å²) in [5, 5.41) is 10.5. The fraction of sp³-hybridized carbons (Fsp3) is 0.429. The van der Waals surface area contributed by atoms with Gasteiger partial charge in [-0.25, -0.2) is 4.98 Å². The van der Waals surface area contributed by atoms with Crippen LogP contribution in [0.3, 0.4) is 0 Å². The molecule has 0 aliphatic carbocycles. The number of carbonyl (C=O) groups excluding carboxylic acids is 1. The number of hydrogen-bond acceptors (Lipinski definition) is 5. The number of H-pyrrole nitrogens is 1. The molecular weight excluding hydrogens is 286 g/mol. The van der Waals surface area contributed by atoms with Crippen molar-refractivity contribution in [3.05, 3.63) is 24.5 Å². The summed E-state index contributed by atoms with van der Waals surface area (Å²) in [5.74, 6) is 1.40. The maximum atomic E-state index is 11.8. The van der Waals surface area contributed by atoms with Gasteiger partial charge in [-0.1, -0.05) is 25.6 Å². The highest BCUT2D eigenvalue weighted by Gasteiger charge is 2.12. The predicted molar refractivity (Wildman–Crippen MR) is 82.8 cm³/mol. The van der Waals surface area contributed by atoms with Crippen molar-refractivity contribution in [3.63, 3.8) is 0 Å². The second-order valence-electron chi connectivity index (χ2n) is 5.09. The molecule has 0 aliphatic heterocycles. The number of nitrogens with one attached hydrogen (secondary N) is 2. The van der Waals surface area contributed by atoms with Crippen LogP contribution in [0.25, 0.3) is 11.4 Å². The largest absolute Gasteiger partial charge is 0.353 e. The van der Waals surface area contributed by atoms with Crippen LogP contribution in [-0.2, 0) is 4.79 Å². The lowest BCUT2D eigenvalue weighted by Gasteiger charge is -2.16. The molecule has 21 heavy (non-hydrogen) atoms. The van der Waals surface area contributed by atoms with Crippen LogP contribution >= 0.6 is 11.8 Å². The molecule has 2 aromatic rings. The Morgan fingerprint density at radius 3 is 2.71 bits per heavy atom. The van der Waals surface area contributed by atoms with E-state index >= 15 is 0 Å². The number of carbonyl (C=O) groups is 1. The number of thioether (sulfide) groups is 1. The van der Waals surface area contributed by atoms with Gasteiger partial charge < -0.3 is 5.32 Å². The van der Waals surface area contributed by atoms with Crippen LogP contribution < -0.4 is 5.32 Å². The van der Waals surface area contributed by atoms with Crippen molar-refractivity contribution in [1.82, 2.24) is 25.5 Å². The Morgan fingerprint density at radius 2 is 2.05 bits per heavy atom. The predicted octanol–water partition coefficient (Wildman–Crippen LogP) is 2.12. The summed E-state index contributed by atoms with van der Waals surface area (Å²) in [4.78, 5) is 20.1. The molecule has 0 aromatic carbocycles. The molecule has 1 unspecified atom stereocenters. The lowest BCUT2D eigenvalue weighted by molar-refractivity contribution is -0.119. The van der Waals surface area contributed by atoms with E-state index in [0.29, 0.717) is 22.7 Å². The monoisotopic (exact) mass is 305 g/mol. The summed E-state index contributed by atoms with van der Waals surface area (Å²) in [5.41, 5.74) is 0.919. The molecule has 0 bridgehead atoms. The first-order valence-electron chi connectivity index (χ1n) is 6.81. The quantitative estimate of drug-likeness (QED) is 0.799. The standard InChI is InChI=1S/C14H19N5OS/c1-9(2)10(3)16-12(20)8-21-14-17-13(18-19-14)11-4-6-15-7-5-11/h4-7,9-10H,8H2,1-3H3,(H,16,20)(H,17,18,19). The number of amides is 1. The SMILES string of the molecule is CC(C)C(C)NC(=O)CSc1n[nH]c(-c2ccncc2)n1. The van der Waals surface area contributed by atoms with Crippen LogP contribution in [0.2, 0.25) is 0 Å². The lowest BCUT2D eigenvalue weighted by Crippen LogP contribution is -2.37. The van der Waals surface area contributed by atoms with Gasteiger partial charge in [0.2, 0.25) is 11.1 Å². The van der Waals surface area contributed by atoms with Gasteiger partial charge in [0, 0.05) is 24.0 Å². The highest BCUT2D eigenvalue weighted by atomic mass is 32.2. The van der Waals surface area contributed by atoms with Gasteiger partial charge in [0.05, 0.1) is 5.75 Å². The van der Waals surface area contributed by atoms with Crippen LogP contribution in [0.4, 0.5) is 0 Å². The fourth-order valence-electron chi connectivity index (χ4n) is 1.54. The van der Waals surface area contributed by atoms with Gasteiger partial charge in [0.15, 0.2) is 5.82 Å². The number of nitrogens with zero attached hydrogens (tertiary/aromatic N) is 3. The Hall–Kier alpha value is -1.89. The molecule has 1 atom stereocenters. The first-order chi connectivity index (χ1) is 10.1. The Labute approximate surface area is 128 Å². The third-order valence-corrected chi connectivity index (χ3v) is 3.99. The van der Waals surface area contributed by atoms with Crippen molar-refractivity contribution in [2.75, 3.05) is 5.75 Å². The van der Waals surface area contributed by atoms with Gasteiger partial charge >= 0.3 is 0 Å². The molecule has 6 nitrogen and oxygen atoms in total. The lowest BCUT2D eigenvalue weighted by atomic mass is 10.1. The molecule has 0 spiro atoms. The van der Waals surface area contributed by atoms with E-state index in [9.17, 15) is 4.79 Å². The summed E-state index contributed by atoms with van der Waals surface area (Å²) in [6.07, 6.45) is 3.40. The summed E-state index contributed by atoms with van der Waals surface area (Å²) in [6.45, 7) is 6.16. The van der Waals surface area contributed by atoms with E-state index in [4.69, 9.17) is 0 Å². The zero-order chi connectivity index (χ0) is 15.2. The van der Waals surface area contributed by atoms with Crippen LogP contribution in [0.15, 0.2) is 29.7 Å². The molecule has 112 valence electrons. The molecule has 2 rings (SSSR count). The van der Waals surface area contributed by atoms with Gasteiger partial charge in [-0.3, -0.25) is 14.9 Å². The first-order valence-corrected chi connectivity index (χ1v) is 7.79. The summed E-state index contributed by atoms with van der Waals surface area (Å²) in [6, 6.07) is 3.87. The van der Waals surface area contributed by atoms with E-state index in [0.717, 1.165) is 5.56 Å². The summed E-state index contributed by atoms with van der Waals surface area (Å²) < 4.78 is 0. The van der Waals surface area contributed by atoms with Crippen molar-refractivity contribution >= 4 is 17.7 Å². The molecule has 2 heterocycles. The average Bonchev–Trinajstić information content (AvgIpc) is 2.95. The van der Waals surface area contributed by atoms with E-state index < -0.39 is 0 Å². The molecule has 0 saturated heterocycles. The van der Waals surface area contributed by atoms with Crippen molar-refractivity contribution in [2.24, 2.45) is 5.92 Å². The number of aromatic amines is 1. The topological polar surface area (TPSA) is 83.6 Å². The molecule has 2 N–H and O–H groups in total. The smallest absolute Gasteiger partial charge is 0.230 e. The Morgan fingerprint density at radius 1 is 1.33 bits per heavy atom. The maximum Gasteiger partial charge on any atom is 0.230 e. The second-order valence-corrected chi connectivity index (χ2v) is 6.03. The normalized spacial score (nSPS) is 12.4. The minimum atomic E-state index is -0.00328. The zero-order valence-electron chi connectivity index (χ0n) is 12.3. The molecule has 0 fully saturated rings. The maximum absolute atomic E-state index is 11.8. The first kappa shape index (κ1) is 15.5. The van der Waals surface area contributed by atoms with Gasteiger partial charge in [-0.05, 0) is 25.0 Å². The third-order valence-electron chi connectivity index (χ3n) is 3.14. The number of rotatable bonds is 6. The minimum absolute atomic E-state index is 0.00328. The van der Waals surface area contributed by atoms with Crippen molar-refractivity contribution in [2.45, 2.75) is 32.0 Å². The van der Waals surface area contributed by atoms with E-state index in [1.54, 1.807) is 12.4 Å². The van der Waals surface area contributed by atoms with E-state index in [1.165, 1.54) is 11.8 Å². The second kappa shape index (κ2) is 7.21. The molecule has 0 radical (unpaired) electrons. The molecule has 7 heteroatoms. The molecule has 1 amide bonds. The Balaban J connectivity index is 1.87. The number of aromatic nitrogens is 4. The minimum Gasteiger partial charge on any atom is -0.353 e. The van der Waals surface area contributed by atoms with Crippen LogP contribution in [0.5, 0.6) is 0 Å². The van der Waals surface area contributed by atoms with Crippen LogP contribution in [0, 0.1) is 5.92 Å².